The number of rotatable bonds is 6. The van der Waals surface area contributed by atoms with Crippen LogP contribution in [0.1, 0.15) is 56.2 Å². The van der Waals surface area contributed by atoms with E-state index < -0.39 is 0 Å². The Bertz CT molecular complexity index is 540. The summed E-state index contributed by atoms with van der Waals surface area (Å²) in [5, 5.41) is 3.35. The predicted molar refractivity (Wildman–Crippen MR) is 98.3 cm³/mol. The van der Waals surface area contributed by atoms with E-state index in [4.69, 9.17) is 0 Å². The van der Waals surface area contributed by atoms with Crippen molar-refractivity contribution in [1.29, 1.82) is 0 Å². The normalized spacial score (nSPS) is 18.4. The molecular weight excluding hydrogens is 268 g/mol. The Labute approximate surface area is 133 Å². The van der Waals surface area contributed by atoms with E-state index in [9.17, 15) is 0 Å². The molecule has 1 unspecified atom stereocenters. The van der Waals surface area contributed by atoms with Crippen molar-refractivity contribution in [2.24, 2.45) is 5.92 Å². The Balaban J connectivity index is 2.12. The second-order valence-electron chi connectivity index (χ2n) is 6.72. The van der Waals surface area contributed by atoms with Gasteiger partial charge < -0.3 is 0 Å². The molecule has 0 saturated carbocycles. The molecule has 0 saturated heterocycles. The maximum atomic E-state index is 2.46. The number of allylic oxidation sites excluding steroid dienone is 4. The van der Waals surface area contributed by atoms with Crippen molar-refractivity contribution in [1.82, 2.24) is 0 Å². The largest absolute Gasteiger partial charge is 0.0881 e. The van der Waals surface area contributed by atoms with E-state index >= 15 is 0 Å². The van der Waals surface area contributed by atoms with Crippen LogP contribution in [-0.4, -0.2) is 9.52 Å². The summed E-state index contributed by atoms with van der Waals surface area (Å²) in [6, 6.07) is 4.70. The molecule has 0 N–H and O–H groups in total. The van der Waals surface area contributed by atoms with Crippen molar-refractivity contribution in [3.05, 3.63) is 51.7 Å². The maximum absolute atomic E-state index is 2.46. The lowest BCUT2D eigenvalue weighted by Gasteiger charge is -2.14. The average molecular weight is 299 g/mol. The SMILES string of the molecule is CCCCCC1C=CC([SiH2]c2c(C)cc(C)cc2C)=C1C. The van der Waals surface area contributed by atoms with Crippen LogP contribution in [-0.2, 0) is 0 Å². The van der Waals surface area contributed by atoms with E-state index in [0.717, 1.165) is 5.92 Å². The van der Waals surface area contributed by atoms with Crippen molar-refractivity contribution in [2.75, 3.05) is 0 Å². The summed E-state index contributed by atoms with van der Waals surface area (Å²) in [6.07, 6.45) is 10.3. The van der Waals surface area contributed by atoms with Crippen molar-refractivity contribution in [3.63, 3.8) is 0 Å². The molecule has 1 aromatic carbocycles. The van der Waals surface area contributed by atoms with Gasteiger partial charge in [0.15, 0.2) is 0 Å². The molecule has 1 heteroatoms. The van der Waals surface area contributed by atoms with Crippen molar-refractivity contribution >= 4 is 14.7 Å². The van der Waals surface area contributed by atoms with E-state index in [0.29, 0.717) is 0 Å². The minimum absolute atomic E-state index is 0.324. The number of hydrogen-bond donors (Lipinski definition) is 0. The van der Waals surface area contributed by atoms with Gasteiger partial charge in [0, 0.05) is 0 Å². The summed E-state index contributed by atoms with van der Waals surface area (Å²) in [6.45, 7) is 11.4. The molecule has 0 aliphatic heterocycles. The summed E-state index contributed by atoms with van der Waals surface area (Å²) < 4.78 is 0. The van der Waals surface area contributed by atoms with E-state index in [-0.39, 0.29) is 9.52 Å². The van der Waals surface area contributed by atoms with Crippen molar-refractivity contribution < 1.29 is 0 Å². The van der Waals surface area contributed by atoms with E-state index in [1.165, 1.54) is 42.4 Å². The van der Waals surface area contributed by atoms with Crippen LogP contribution in [0.4, 0.5) is 0 Å². The van der Waals surface area contributed by atoms with Gasteiger partial charge in [0.05, 0.1) is 9.52 Å². The first kappa shape index (κ1) is 16.3. The molecule has 0 fully saturated rings. The Morgan fingerprint density at radius 1 is 1.00 bits per heavy atom. The molecular formula is C20H30Si. The molecule has 0 aromatic heterocycles. The third kappa shape index (κ3) is 3.97. The Morgan fingerprint density at radius 3 is 2.29 bits per heavy atom. The van der Waals surface area contributed by atoms with Crippen LogP contribution < -0.4 is 5.19 Å². The molecule has 0 heterocycles. The maximum Gasteiger partial charge on any atom is 0.0881 e. The second kappa shape index (κ2) is 7.26. The Hall–Kier alpha value is -1.08. The zero-order valence-electron chi connectivity index (χ0n) is 14.4. The molecule has 0 bridgehead atoms. The van der Waals surface area contributed by atoms with Crippen LogP contribution in [0.5, 0.6) is 0 Å². The summed E-state index contributed by atoms with van der Waals surface area (Å²) in [5.74, 6) is 0.727. The van der Waals surface area contributed by atoms with Gasteiger partial charge in [0.2, 0.25) is 0 Å². The van der Waals surface area contributed by atoms with E-state index in [2.05, 4.69) is 58.9 Å². The fourth-order valence-corrected chi connectivity index (χ4v) is 5.49. The van der Waals surface area contributed by atoms with Gasteiger partial charge in [-0.3, -0.25) is 0 Å². The van der Waals surface area contributed by atoms with Gasteiger partial charge in [-0.2, -0.15) is 0 Å². The van der Waals surface area contributed by atoms with Gasteiger partial charge in [0.25, 0.3) is 0 Å². The molecule has 2 rings (SSSR count). The molecule has 0 radical (unpaired) electrons. The third-order valence-corrected chi connectivity index (χ3v) is 7.56. The molecule has 0 spiro atoms. The lowest BCUT2D eigenvalue weighted by atomic mass is 9.97. The summed E-state index contributed by atoms with van der Waals surface area (Å²) in [7, 11) is -0.324. The highest BCUT2D eigenvalue weighted by molar-refractivity contribution is 6.63. The van der Waals surface area contributed by atoms with E-state index in [1.54, 1.807) is 16.0 Å². The highest BCUT2D eigenvalue weighted by atomic mass is 28.2. The number of unbranched alkanes of at least 4 members (excludes halogenated alkanes) is 2. The molecule has 21 heavy (non-hydrogen) atoms. The molecule has 1 aliphatic carbocycles. The molecule has 1 aromatic rings. The third-order valence-electron chi connectivity index (χ3n) is 4.92. The topological polar surface area (TPSA) is 0 Å². The van der Waals surface area contributed by atoms with Crippen molar-refractivity contribution in [3.8, 4) is 0 Å². The first-order valence-corrected chi connectivity index (χ1v) is 9.89. The Kier molecular flexibility index (Phi) is 5.63. The standard InChI is InChI=1S/C20H30Si/c1-6-7-8-9-18-10-11-19(17(18)5)21-20-15(3)12-14(2)13-16(20)4/h10-13,18H,6-9,21H2,1-5H3. The first-order valence-electron chi connectivity index (χ1n) is 8.47. The molecule has 114 valence electrons. The molecule has 1 atom stereocenters. The molecule has 0 amide bonds. The summed E-state index contributed by atoms with van der Waals surface area (Å²) in [5.41, 5.74) is 6.06. The lowest BCUT2D eigenvalue weighted by Crippen LogP contribution is -2.23. The zero-order valence-corrected chi connectivity index (χ0v) is 15.8. The number of hydrogen-bond acceptors (Lipinski definition) is 0. The molecule has 1 aliphatic rings. The monoisotopic (exact) mass is 298 g/mol. The lowest BCUT2D eigenvalue weighted by molar-refractivity contribution is 0.597. The minimum atomic E-state index is -0.324. The smallest absolute Gasteiger partial charge is 0.0775 e. The average Bonchev–Trinajstić information content (AvgIpc) is 2.75. The number of benzene rings is 1. The van der Waals surface area contributed by atoms with Crippen LogP contribution in [0.2, 0.25) is 0 Å². The van der Waals surface area contributed by atoms with Gasteiger partial charge in [-0.05, 0) is 40.0 Å². The first-order chi connectivity index (χ1) is 10.0. The van der Waals surface area contributed by atoms with Crippen LogP contribution >= 0.6 is 0 Å². The van der Waals surface area contributed by atoms with Gasteiger partial charge in [-0.25, -0.2) is 0 Å². The fraction of sp³-hybridized carbons (Fsp3) is 0.500. The van der Waals surface area contributed by atoms with Crippen LogP contribution in [0.3, 0.4) is 0 Å². The zero-order chi connectivity index (χ0) is 15.4. The second-order valence-corrected chi connectivity index (χ2v) is 8.55. The van der Waals surface area contributed by atoms with Gasteiger partial charge >= 0.3 is 0 Å². The quantitative estimate of drug-likeness (QED) is 0.538. The van der Waals surface area contributed by atoms with Gasteiger partial charge in [-0.15, -0.1) is 0 Å². The van der Waals surface area contributed by atoms with Crippen molar-refractivity contribution in [2.45, 2.75) is 60.3 Å². The highest BCUT2D eigenvalue weighted by Crippen LogP contribution is 2.29. The predicted octanol–water partition coefficient (Wildman–Crippen LogP) is 4.45. The summed E-state index contributed by atoms with van der Waals surface area (Å²) in [4.78, 5) is 0. The minimum Gasteiger partial charge on any atom is -0.0775 e. The van der Waals surface area contributed by atoms with E-state index in [1.807, 2.05) is 0 Å². The highest BCUT2D eigenvalue weighted by Gasteiger charge is 2.18. The van der Waals surface area contributed by atoms with Gasteiger partial charge in [-0.1, -0.05) is 83.1 Å². The Morgan fingerprint density at radius 2 is 1.67 bits per heavy atom. The molecule has 0 nitrogen and oxygen atoms in total. The van der Waals surface area contributed by atoms with Crippen LogP contribution in [0, 0.1) is 26.7 Å². The fourth-order valence-electron chi connectivity index (χ4n) is 3.55. The van der Waals surface area contributed by atoms with Crippen LogP contribution in [0.15, 0.2) is 35.1 Å². The number of aryl methyl sites for hydroxylation is 3. The summed E-state index contributed by atoms with van der Waals surface area (Å²) >= 11 is 0. The van der Waals surface area contributed by atoms with Gasteiger partial charge in [0.1, 0.15) is 0 Å². The van der Waals surface area contributed by atoms with Crippen LogP contribution in [0.25, 0.3) is 0 Å².